The summed E-state index contributed by atoms with van der Waals surface area (Å²) in [4.78, 5) is 0. The Labute approximate surface area is 277 Å². The number of nitrogens with zero attached hydrogens (tertiary/aromatic N) is 4. The molecule has 0 bridgehead atoms. The van der Waals surface area contributed by atoms with Crippen molar-refractivity contribution in [1.29, 1.82) is 10.5 Å². The van der Waals surface area contributed by atoms with Crippen molar-refractivity contribution in [3.05, 3.63) is 162 Å². The Morgan fingerprint density at radius 2 is 1.02 bits per heavy atom. The summed E-state index contributed by atoms with van der Waals surface area (Å²) in [6.45, 7) is 0. The van der Waals surface area contributed by atoms with Crippen molar-refractivity contribution in [2.45, 2.75) is 12.8 Å². The second kappa shape index (κ2) is 11.0. The van der Waals surface area contributed by atoms with Gasteiger partial charge in [-0.05, 0) is 84.1 Å². The van der Waals surface area contributed by atoms with Gasteiger partial charge in [0, 0.05) is 32.8 Å². The van der Waals surface area contributed by atoms with Crippen molar-refractivity contribution in [3.8, 4) is 29.0 Å². The van der Waals surface area contributed by atoms with Crippen LogP contribution >= 0.6 is 0 Å². The number of hydrogen-bond acceptors (Lipinski definition) is 2. The molecular formula is C44H28N4. The van der Waals surface area contributed by atoms with Gasteiger partial charge in [-0.15, -0.1) is 0 Å². The fourth-order valence-electron chi connectivity index (χ4n) is 7.59. The van der Waals surface area contributed by atoms with Crippen LogP contribution < -0.4 is 0 Å². The zero-order valence-corrected chi connectivity index (χ0v) is 26.1. The first-order chi connectivity index (χ1) is 23.7. The van der Waals surface area contributed by atoms with Crippen molar-refractivity contribution in [2.75, 3.05) is 0 Å². The van der Waals surface area contributed by atoms with Gasteiger partial charge in [0.25, 0.3) is 0 Å². The highest BCUT2D eigenvalue weighted by Crippen LogP contribution is 2.40. The molecule has 48 heavy (non-hydrogen) atoms. The van der Waals surface area contributed by atoms with E-state index in [0.717, 1.165) is 57.0 Å². The normalized spacial score (nSPS) is 13.0. The summed E-state index contributed by atoms with van der Waals surface area (Å²) in [5.74, 6) is 0. The fraction of sp³-hybridized carbons (Fsp3) is 0.0455. The molecule has 1 aliphatic rings. The molecule has 0 saturated carbocycles. The zero-order valence-electron chi connectivity index (χ0n) is 26.1. The molecule has 0 spiro atoms. The molecule has 1 aliphatic carbocycles. The highest BCUT2D eigenvalue weighted by molar-refractivity contribution is 6.11. The Hall–Kier alpha value is -6.62. The zero-order chi connectivity index (χ0) is 32.2. The lowest BCUT2D eigenvalue weighted by molar-refractivity contribution is 0.992. The molecule has 0 N–H and O–H groups in total. The van der Waals surface area contributed by atoms with Gasteiger partial charge in [-0.2, -0.15) is 10.5 Å². The van der Waals surface area contributed by atoms with E-state index in [9.17, 15) is 10.5 Å². The number of rotatable bonds is 4. The van der Waals surface area contributed by atoms with E-state index in [1.165, 1.54) is 33.1 Å². The van der Waals surface area contributed by atoms with Crippen molar-refractivity contribution in [1.82, 2.24) is 9.13 Å². The van der Waals surface area contributed by atoms with Crippen LogP contribution in [0.1, 0.15) is 29.5 Å². The van der Waals surface area contributed by atoms with Gasteiger partial charge in [0.05, 0.1) is 45.0 Å². The average molecular weight is 613 g/mol. The number of aromatic nitrogens is 2. The third kappa shape index (κ3) is 4.21. The molecule has 0 amide bonds. The average Bonchev–Trinajstić information content (AvgIpc) is 3.67. The second-order valence-electron chi connectivity index (χ2n) is 12.3. The predicted molar refractivity (Wildman–Crippen MR) is 197 cm³/mol. The summed E-state index contributed by atoms with van der Waals surface area (Å²) in [6.07, 6.45) is 6.16. The molecule has 0 fully saturated rings. The third-order valence-electron chi connectivity index (χ3n) is 9.70. The molecule has 2 heterocycles. The van der Waals surface area contributed by atoms with Crippen LogP contribution in [0.5, 0.6) is 0 Å². The van der Waals surface area contributed by atoms with Crippen LogP contribution in [0.4, 0.5) is 0 Å². The molecular weight excluding hydrogens is 585 g/mol. The highest BCUT2D eigenvalue weighted by atomic mass is 15.0. The minimum Gasteiger partial charge on any atom is -0.313 e. The van der Waals surface area contributed by atoms with Gasteiger partial charge in [0.2, 0.25) is 0 Å². The van der Waals surface area contributed by atoms with Crippen LogP contribution in [0.15, 0.2) is 146 Å². The van der Waals surface area contributed by atoms with Crippen molar-refractivity contribution < 1.29 is 0 Å². The molecule has 0 saturated heterocycles. The lowest BCUT2D eigenvalue weighted by Crippen LogP contribution is -2.02. The van der Waals surface area contributed by atoms with E-state index < -0.39 is 0 Å². The van der Waals surface area contributed by atoms with Crippen LogP contribution in [0.2, 0.25) is 0 Å². The Kier molecular flexibility index (Phi) is 6.35. The number of para-hydroxylation sites is 5. The van der Waals surface area contributed by atoms with E-state index in [4.69, 9.17) is 0 Å². The van der Waals surface area contributed by atoms with E-state index in [-0.39, 0.29) is 0 Å². The van der Waals surface area contributed by atoms with Crippen LogP contribution in [0.25, 0.3) is 71.7 Å². The van der Waals surface area contributed by atoms with E-state index >= 15 is 0 Å². The minimum absolute atomic E-state index is 0.582. The fourth-order valence-corrected chi connectivity index (χ4v) is 7.59. The molecule has 4 heteroatoms. The molecule has 0 radical (unpaired) electrons. The summed E-state index contributed by atoms with van der Waals surface area (Å²) >= 11 is 0. The Bertz CT molecular complexity index is 2650. The van der Waals surface area contributed by atoms with Gasteiger partial charge < -0.3 is 9.13 Å². The maximum atomic E-state index is 10.4. The van der Waals surface area contributed by atoms with Crippen molar-refractivity contribution in [3.63, 3.8) is 0 Å². The first-order valence-corrected chi connectivity index (χ1v) is 16.2. The van der Waals surface area contributed by atoms with Crippen LogP contribution in [0, 0.1) is 22.7 Å². The maximum absolute atomic E-state index is 10.4. The largest absolute Gasteiger partial charge is 0.313 e. The number of nitriles is 2. The maximum Gasteiger partial charge on any atom is 0.101 e. The summed E-state index contributed by atoms with van der Waals surface area (Å²) in [6, 6.07) is 50.7. The van der Waals surface area contributed by atoms with Gasteiger partial charge in [-0.3, -0.25) is 0 Å². The summed E-state index contributed by atoms with van der Waals surface area (Å²) < 4.78 is 4.60. The molecule has 6 aromatic carbocycles. The SMILES string of the molecule is N#Cc1cc(C2=CC=C(n3c4ccccc4c4ccccc43)CC2)cc(-c2cccc(C#N)c2-n2c3ccccc3c3ccccc32)c1. The number of hydrogen-bond donors (Lipinski definition) is 0. The van der Waals surface area contributed by atoms with Crippen LogP contribution in [-0.2, 0) is 0 Å². The number of fused-ring (bicyclic) bond motifs is 6. The van der Waals surface area contributed by atoms with E-state index in [1.807, 2.05) is 36.4 Å². The van der Waals surface area contributed by atoms with Crippen LogP contribution in [-0.4, -0.2) is 9.13 Å². The van der Waals surface area contributed by atoms with Gasteiger partial charge in [-0.25, -0.2) is 0 Å². The van der Waals surface area contributed by atoms with Gasteiger partial charge in [0.15, 0.2) is 0 Å². The molecule has 0 aliphatic heterocycles. The molecule has 0 atom stereocenters. The summed E-state index contributed by atoms with van der Waals surface area (Å²) in [5.41, 5.74) is 11.8. The van der Waals surface area contributed by atoms with Gasteiger partial charge in [-0.1, -0.05) is 91.0 Å². The third-order valence-corrected chi connectivity index (χ3v) is 9.70. The second-order valence-corrected chi connectivity index (χ2v) is 12.3. The first kappa shape index (κ1) is 27.7. The van der Waals surface area contributed by atoms with Crippen LogP contribution in [0.3, 0.4) is 0 Å². The van der Waals surface area contributed by atoms with E-state index in [2.05, 4.69) is 130 Å². The lowest BCUT2D eigenvalue weighted by Gasteiger charge is -2.20. The van der Waals surface area contributed by atoms with Gasteiger partial charge in [0.1, 0.15) is 6.07 Å². The summed E-state index contributed by atoms with van der Waals surface area (Å²) in [7, 11) is 0. The first-order valence-electron chi connectivity index (χ1n) is 16.2. The molecule has 2 aromatic heterocycles. The molecule has 224 valence electrons. The lowest BCUT2D eigenvalue weighted by atomic mass is 9.90. The van der Waals surface area contributed by atoms with Crippen molar-refractivity contribution >= 4 is 54.9 Å². The number of benzene rings is 6. The Morgan fingerprint density at radius 1 is 0.479 bits per heavy atom. The van der Waals surface area contributed by atoms with Gasteiger partial charge >= 0.3 is 0 Å². The predicted octanol–water partition coefficient (Wildman–Crippen LogP) is 11.0. The molecule has 4 nitrogen and oxygen atoms in total. The molecule has 8 aromatic rings. The van der Waals surface area contributed by atoms with E-state index in [1.54, 1.807) is 0 Å². The quantitative estimate of drug-likeness (QED) is 0.199. The van der Waals surface area contributed by atoms with E-state index in [0.29, 0.717) is 11.1 Å². The monoisotopic (exact) mass is 612 g/mol. The summed E-state index contributed by atoms with van der Waals surface area (Å²) in [5, 5.41) is 25.4. The minimum atomic E-state index is 0.582. The Balaban J connectivity index is 1.21. The molecule has 9 rings (SSSR count). The Morgan fingerprint density at radius 3 is 1.54 bits per heavy atom. The molecule has 0 unspecified atom stereocenters. The topological polar surface area (TPSA) is 57.4 Å². The smallest absolute Gasteiger partial charge is 0.101 e. The number of allylic oxidation sites excluding steroid dienone is 4. The van der Waals surface area contributed by atoms with Crippen molar-refractivity contribution in [2.24, 2.45) is 0 Å². The standard InChI is InChI=1S/C44H28N4/c45-27-29-24-32(30-20-22-34(23-21-30)47-40-16-5-1-11-36(40)37-12-2-6-17-41(37)47)26-33(25-29)35-15-9-10-31(28-46)44(35)48-42-18-7-3-13-38(42)39-14-4-8-19-43(39)48/h1-20,22,24-26H,21,23H2. The highest BCUT2D eigenvalue weighted by Gasteiger charge is 2.21.